The fourth-order valence-electron chi connectivity index (χ4n) is 1.62. The molecule has 0 bridgehead atoms. The van der Waals surface area contributed by atoms with Crippen LogP contribution < -0.4 is 0 Å². The predicted molar refractivity (Wildman–Crippen MR) is 72.9 cm³/mol. The number of ketones is 1. The molecule has 2 aromatic rings. The van der Waals surface area contributed by atoms with Crippen LogP contribution in [0.15, 0.2) is 8.95 Å². The van der Waals surface area contributed by atoms with Crippen molar-refractivity contribution in [2.45, 2.75) is 25.8 Å². The molecule has 0 aliphatic rings. The summed E-state index contributed by atoms with van der Waals surface area (Å²) < 4.78 is 54.0. The molecule has 0 amide bonds. The number of aromatic nitrogens is 3. The lowest BCUT2D eigenvalue weighted by Crippen LogP contribution is -2.34. The van der Waals surface area contributed by atoms with E-state index in [9.17, 15) is 22.4 Å². The van der Waals surface area contributed by atoms with Gasteiger partial charge >= 0.3 is 6.05 Å². The Bertz CT molecular complexity index is 687. The monoisotopic (exact) mass is 431 g/mol. The van der Waals surface area contributed by atoms with Crippen LogP contribution in [0, 0.1) is 11.6 Å². The lowest BCUT2D eigenvalue weighted by molar-refractivity contribution is -0.163. The van der Waals surface area contributed by atoms with E-state index >= 15 is 0 Å². The molecule has 0 atom stereocenters. The second-order valence-corrected chi connectivity index (χ2v) is 5.74. The maximum Gasteiger partial charge on any atom is 0.418 e. The van der Waals surface area contributed by atoms with Crippen molar-refractivity contribution < 1.29 is 22.4 Å². The first kappa shape index (κ1) is 16.3. The lowest BCUT2D eigenvalue weighted by Gasteiger charge is -2.12. The van der Waals surface area contributed by atoms with Gasteiger partial charge in [-0.1, -0.05) is 6.92 Å². The van der Waals surface area contributed by atoms with Crippen LogP contribution in [-0.2, 0) is 10.8 Å². The number of halogens is 6. The van der Waals surface area contributed by atoms with Crippen LogP contribution in [0.2, 0.25) is 0 Å². The summed E-state index contributed by atoms with van der Waals surface area (Å²) in [7, 11) is 0. The van der Waals surface area contributed by atoms with E-state index in [1.807, 2.05) is 0 Å². The third-order valence-corrected chi connectivity index (χ3v) is 4.12. The van der Waals surface area contributed by atoms with Crippen molar-refractivity contribution in [1.29, 1.82) is 0 Å². The third kappa shape index (κ3) is 2.59. The Morgan fingerprint density at radius 3 is 1.95 bits per heavy atom. The topological polar surface area (TPSA) is 47.8 Å². The number of alkyl halides is 2. The minimum Gasteiger partial charge on any atom is -0.290 e. The Morgan fingerprint density at radius 2 is 1.57 bits per heavy atom. The quantitative estimate of drug-likeness (QED) is 0.414. The minimum atomic E-state index is -3.99. The first-order valence-corrected chi connectivity index (χ1v) is 7.31. The maximum atomic E-state index is 13.9. The Kier molecular flexibility index (Phi) is 4.39. The van der Waals surface area contributed by atoms with E-state index in [0.717, 1.165) is 0 Å². The van der Waals surface area contributed by atoms with Crippen molar-refractivity contribution in [3.63, 3.8) is 0 Å². The second kappa shape index (κ2) is 5.64. The van der Waals surface area contributed by atoms with Gasteiger partial charge < -0.3 is 0 Å². The lowest BCUT2D eigenvalue weighted by atomic mass is 10.2. The molecule has 10 heteroatoms. The van der Waals surface area contributed by atoms with Gasteiger partial charge in [-0.05, 0) is 38.3 Å². The molecule has 0 fully saturated rings. The van der Waals surface area contributed by atoms with Gasteiger partial charge in [0.1, 0.15) is 11.0 Å². The Morgan fingerprint density at radius 1 is 1.14 bits per heavy atom. The molecule has 0 saturated carbocycles. The molecular weight excluding hydrogens is 426 g/mol. The first-order chi connectivity index (χ1) is 9.71. The molecule has 114 valence electrons. The number of Topliss-reactive ketones (excluding diaryl/α,β-unsaturated/α-hetero) is 1. The molecule has 0 aliphatic carbocycles. The number of carbonyl (C=O) groups is 1. The summed E-state index contributed by atoms with van der Waals surface area (Å²) >= 11 is 5.46. The molecule has 0 spiro atoms. The normalized spacial score (nSPS) is 12.1. The number of rotatable bonds is 4. The number of carbonyl (C=O) groups excluding carboxylic acids is 1. The van der Waals surface area contributed by atoms with Crippen LogP contribution in [0.3, 0.4) is 0 Å². The van der Waals surface area contributed by atoms with E-state index in [2.05, 4.69) is 42.1 Å². The Labute approximate surface area is 132 Å². The highest BCUT2D eigenvalue weighted by Crippen LogP contribution is 2.35. The number of hydrogen-bond donors (Lipinski definition) is 0. The van der Waals surface area contributed by atoms with Gasteiger partial charge in [-0.3, -0.25) is 4.79 Å². The SMILES string of the molecule is CCCC(=O)C(F)(F)n1nc2c(Br)c(F)c(F)c(Br)c2n1. The second-order valence-electron chi connectivity index (χ2n) is 4.16. The maximum absolute atomic E-state index is 13.9. The van der Waals surface area contributed by atoms with E-state index in [1.165, 1.54) is 0 Å². The van der Waals surface area contributed by atoms with Crippen molar-refractivity contribution in [3.8, 4) is 0 Å². The van der Waals surface area contributed by atoms with Crippen LogP contribution in [0.1, 0.15) is 19.8 Å². The van der Waals surface area contributed by atoms with Crippen LogP contribution in [0.5, 0.6) is 0 Å². The van der Waals surface area contributed by atoms with E-state index in [0.29, 0.717) is 0 Å². The van der Waals surface area contributed by atoms with Gasteiger partial charge in [0.2, 0.25) is 5.78 Å². The predicted octanol–water partition coefficient (Wildman–Crippen LogP) is 4.15. The number of hydrogen-bond acceptors (Lipinski definition) is 3. The van der Waals surface area contributed by atoms with Gasteiger partial charge in [0.05, 0.1) is 8.95 Å². The number of nitrogens with zero attached hydrogens (tertiary/aromatic N) is 3. The van der Waals surface area contributed by atoms with Gasteiger partial charge in [-0.15, -0.1) is 15.0 Å². The molecule has 0 unspecified atom stereocenters. The molecule has 1 aromatic carbocycles. The van der Waals surface area contributed by atoms with Gasteiger partial charge in [0.25, 0.3) is 0 Å². The molecular formula is C11H7Br2F4N3O. The van der Waals surface area contributed by atoms with Gasteiger partial charge in [0, 0.05) is 6.42 Å². The summed E-state index contributed by atoms with van der Waals surface area (Å²) in [6.45, 7) is 1.57. The first-order valence-electron chi connectivity index (χ1n) is 5.72. The highest BCUT2D eigenvalue weighted by Gasteiger charge is 2.43. The van der Waals surface area contributed by atoms with Crippen molar-refractivity contribution in [2.75, 3.05) is 0 Å². The molecule has 0 N–H and O–H groups in total. The van der Waals surface area contributed by atoms with Crippen molar-refractivity contribution in [2.24, 2.45) is 0 Å². The van der Waals surface area contributed by atoms with E-state index in [1.54, 1.807) is 6.92 Å². The van der Waals surface area contributed by atoms with Crippen molar-refractivity contribution >= 4 is 48.7 Å². The van der Waals surface area contributed by atoms with Crippen LogP contribution in [-0.4, -0.2) is 20.8 Å². The molecule has 21 heavy (non-hydrogen) atoms. The Hall–Kier alpha value is -1.03. The summed E-state index contributed by atoms with van der Waals surface area (Å²) in [6.07, 6.45) is -0.137. The van der Waals surface area contributed by atoms with E-state index < -0.39 is 32.4 Å². The van der Waals surface area contributed by atoms with Crippen LogP contribution >= 0.6 is 31.9 Å². The number of fused-ring (bicyclic) bond motifs is 1. The minimum absolute atomic E-state index is 0.121. The standard InChI is InChI=1S/C11H7Br2F4N3O/c1-2-3-4(21)11(16,17)20-18-9-5(12)7(14)8(15)6(13)10(9)19-20/h2-3H2,1H3. The smallest absolute Gasteiger partial charge is 0.290 e. The molecule has 2 rings (SSSR count). The zero-order chi connectivity index (χ0) is 15.9. The largest absolute Gasteiger partial charge is 0.418 e. The molecule has 0 radical (unpaired) electrons. The summed E-state index contributed by atoms with van der Waals surface area (Å²) in [6, 6.07) is -3.99. The van der Waals surface area contributed by atoms with Crippen molar-refractivity contribution in [3.05, 3.63) is 20.6 Å². The number of benzene rings is 1. The average Bonchev–Trinajstić information content (AvgIpc) is 2.89. The fourth-order valence-corrected chi connectivity index (χ4v) is 2.50. The highest BCUT2D eigenvalue weighted by molar-refractivity contribution is 9.11. The molecule has 1 aromatic heterocycles. The summed E-state index contributed by atoms with van der Waals surface area (Å²) in [4.78, 5) is 11.3. The molecule has 4 nitrogen and oxygen atoms in total. The van der Waals surface area contributed by atoms with Gasteiger partial charge in [0.15, 0.2) is 11.6 Å². The van der Waals surface area contributed by atoms with Crippen LogP contribution in [0.25, 0.3) is 11.0 Å². The zero-order valence-electron chi connectivity index (χ0n) is 10.4. The summed E-state index contributed by atoms with van der Waals surface area (Å²) in [5.41, 5.74) is -0.630. The Balaban J connectivity index is 2.66. The van der Waals surface area contributed by atoms with Gasteiger partial charge in [-0.2, -0.15) is 8.78 Å². The fraction of sp³-hybridized carbons (Fsp3) is 0.364. The highest BCUT2D eigenvalue weighted by atomic mass is 79.9. The summed E-state index contributed by atoms with van der Waals surface area (Å²) in [5, 5.41) is 6.80. The van der Waals surface area contributed by atoms with Gasteiger partial charge in [-0.25, -0.2) is 8.78 Å². The average molecular weight is 433 g/mol. The van der Waals surface area contributed by atoms with E-state index in [-0.39, 0.29) is 28.7 Å². The third-order valence-electron chi connectivity index (χ3n) is 2.67. The molecule has 1 heterocycles. The summed E-state index contributed by atoms with van der Waals surface area (Å²) in [5.74, 6) is -3.95. The van der Waals surface area contributed by atoms with Crippen LogP contribution in [0.4, 0.5) is 17.6 Å². The van der Waals surface area contributed by atoms with Crippen molar-refractivity contribution in [1.82, 2.24) is 15.0 Å². The van der Waals surface area contributed by atoms with E-state index in [4.69, 9.17) is 0 Å². The molecule has 0 aliphatic heterocycles. The zero-order valence-corrected chi connectivity index (χ0v) is 13.6. The molecule has 0 saturated heterocycles.